The van der Waals surface area contributed by atoms with Crippen LogP contribution in [0.25, 0.3) is 0 Å². The largest absolute Gasteiger partial charge is 0.483 e. The van der Waals surface area contributed by atoms with Crippen LogP contribution in [0.1, 0.15) is 61.3 Å². The fourth-order valence-electron chi connectivity index (χ4n) is 2.14. The van der Waals surface area contributed by atoms with Crippen molar-refractivity contribution in [2.75, 3.05) is 0 Å². The van der Waals surface area contributed by atoms with Gasteiger partial charge in [0, 0.05) is 16.1 Å². The molecule has 0 saturated heterocycles. The van der Waals surface area contributed by atoms with Gasteiger partial charge in [0.1, 0.15) is 0 Å². The molecule has 0 saturated carbocycles. The number of allylic oxidation sites excluding steroid dienone is 2. The van der Waals surface area contributed by atoms with Crippen LogP contribution in [0, 0.1) is 0 Å². The molecule has 0 radical (unpaired) electrons. The molecule has 0 bridgehead atoms. The highest BCUT2D eigenvalue weighted by Crippen LogP contribution is 2.31. The molecule has 23 heavy (non-hydrogen) atoms. The second kappa shape index (κ2) is 7.18. The maximum absolute atomic E-state index is 12.8. The summed E-state index contributed by atoms with van der Waals surface area (Å²) in [5.74, 6) is -0.713. The van der Waals surface area contributed by atoms with Crippen molar-refractivity contribution in [1.82, 2.24) is 0 Å². The van der Waals surface area contributed by atoms with Gasteiger partial charge >= 0.3 is 0 Å². The number of ether oxygens (including phenoxy) is 2. The number of fused-ring (bicyclic) bond motifs is 1. The molecule has 1 aliphatic rings. The Morgan fingerprint density at radius 3 is 1.87 bits per heavy atom. The third kappa shape index (κ3) is 3.58. The highest BCUT2D eigenvalue weighted by Gasteiger charge is 2.36. The van der Waals surface area contributed by atoms with Crippen LogP contribution in [-0.4, -0.2) is 23.8 Å². The average molecular weight is 337 g/mol. The van der Waals surface area contributed by atoms with Crippen LogP contribution in [0.2, 0.25) is 5.02 Å². The molecule has 124 valence electrons. The zero-order valence-corrected chi connectivity index (χ0v) is 14.6. The van der Waals surface area contributed by atoms with Crippen LogP contribution in [0.3, 0.4) is 0 Å². The van der Waals surface area contributed by atoms with E-state index in [1.165, 1.54) is 6.07 Å². The first-order valence-electron chi connectivity index (χ1n) is 7.85. The molecule has 1 aliphatic carbocycles. The normalized spacial score (nSPS) is 16.9. The SMILES string of the molecule is CCC(C)OC1=C(OC(C)CC)C(=O)c2cc(Cl)ccc2C1=O. The molecule has 0 aliphatic heterocycles. The van der Waals surface area contributed by atoms with Crippen molar-refractivity contribution < 1.29 is 19.1 Å². The summed E-state index contributed by atoms with van der Waals surface area (Å²) in [4.78, 5) is 25.5. The van der Waals surface area contributed by atoms with E-state index >= 15 is 0 Å². The number of hydrogen-bond acceptors (Lipinski definition) is 4. The Balaban J connectivity index is 2.53. The van der Waals surface area contributed by atoms with Gasteiger partial charge in [-0.3, -0.25) is 9.59 Å². The molecule has 0 amide bonds. The fraction of sp³-hybridized carbons (Fsp3) is 0.444. The number of carbonyl (C=O) groups excluding carboxylic acids is 2. The average Bonchev–Trinajstić information content (AvgIpc) is 2.54. The minimum Gasteiger partial charge on any atom is -0.483 e. The molecule has 5 heteroatoms. The van der Waals surface area contributed by atoms with Gasteiger partial charge in [0.25, 0.3) is 0 Å². The maximum Gasteiger partial charge on any atom is 0.232 e. The maximum atomic E-state index is 12.8. The Morgan fingerprint density at radius 1 is 0.913 bits per heavy atom. The van der Waals surface area contributed by atoms with Crippen molar-refractivity contribution >= 4 is 23.2 Å². The zero-order chi connectivity index (χ0) is 17.1. The lowest BCUT2D eigenvalue weighted by molar-refractivity contribution is 0.0526. The summed E-state index contributed by atoms with van der Waals surface area (Å²) in [7, 11) is 0. The topological polar surface area (TPSA) is 52.6 Å². The van der Waals surface area contributed by atoms with Gasteiger partial charge in [-0.25, -0.2) is 0 Å². The molecule has 1 aromatic rings. The minimum absolute atomic E-state index is 0.000488. The zero-order valence-electron chi connectivity index (χ0n) is 13.8. The first-order chi connectivity index (χ1) is 10.9. The van der Waals surface area contributed by atoms with Crippen molar-refractivity contribution in [2.45, 2.75) is 52.7 Å². The lowest BCUT2D eigenvalue weighted by Gasteiger charge is -2.25. The van der Waals surface area contributed by atoms with E-state index in [0.29, 0.717) is 17.0 Å². The molecule has 0 spiro atoms. The Labute approximate surface area is 141 Å². The van der Waals surface area contributed by atoms with Gasteiger partial charge in [-0.2, -0.15) is 0 Å². The Hall–Kier alpha value is -1.81. The molecule has 0 aromatic heterocycles. The fourth-order valence-corrected chi connectivity index (χ4v) is 2.31. The van der Waals surface area contributed by atoms with Gasteiger partial charge < -0.3 is 9.47 Å². The third-order valence-corrected chi connectivity index (χ3v) is 4.11. The predicted molar refractivity (Wildman–Crippen MR) is 88.8 cm³/mol. The summed E-state index contributed by atoms with van der Waals surface area (Å²) in [5, 5.41) is 0.402. The van der Waals surface area contributed by atoms with Crippen LogP contribution in [0.4, 0.5) is 0 Å². The highest BCUT2D eigenvalue weighted by atomic mass is 35.5. The third-order valence-electron chi connectivity index (χ3n) is 3.88. The minimum atomic E-state index is -0.360. The lowest BCUT2D eigenvalue weighted by Crippen LogP contribution is -2.28. The van der Waals surface area contributed by atoms with Crippen molar-refractivity contribution in [1.29, 1.82) is 0 Å². The summed E-state index contributed by atoms with van der Waals surface area (Å²) in [6, 6.07) is 4.64. The van der Waals surface area contributed by atoms with Crippen LogP contribution in [0.15, 0.2) is 29.7 Å². The lowest BCUT2D eigenvalue weighted by atomic mass is 9.92. The van der Waals surface area contributed by atoms with Crippen molar-refractivity contribution in [2.24, 2.45) is 0 Å². The van der Waals surface area contributed by atoms with E-state index in [9.17, 15) is 9.59 Å². The number of rotatable bonds is 6. The van der Waals surface area contributed by atoms with E-state index in [0.717, 1.165) is 6.42 Å². The molecule has 2 unspecified atom stereocenters. The number of hydrogen-bond donors (Lipinski definition) is 0. The van der Waals surface area contributed by atoms with Gasteiger partial charge in [-0.15, -0.1) is 0 Å². The second-order valence-electron chi connectivity index (χ2n) is 5.68. The summed E-state index contributed by atoms with van der Waals surface area (Å²) < 4.78 is 11.4. The van der Waals surface area contributed by atoms with Crippen LogP contribution in [-0.2, 0) is 9.47 Å². The number of benzene rings is 1. The van der Waals surface area contributed by atoms with Crippen LogP contribution >= 0.6 is 11.6 Å². The molecule has 1 aromatic carbocycles. The van der Waals surface area contributed by atoms with Gasteiger partial charge in [0.05, 0.1) is 12.2 Å². The van der Waals surface area contributed by atoms with Gasteiger partial charge in [-0.05, 0) is 44.9 Å². The summed E-state index contributed by atoms with van der Waals surface area (Å²) in [5.41, 5.74) is 0.562. The quantitative estimate of drug-likeness (QED) is 0.764. The molecule has 0 fully saturated rings. The van der Waals surface area contributed by atoms with Crippen LogP contribution in [0.5, 0.6) is 0 Å². The van der Waals surface area contributed by atoms with Gasteiger partial charge in [-0.1, -0.05) is 25.4 Å². The molecule has 2 atom stereocenters. The highest BCUT2D eigenvalue weighted by molar-refractivity contribution is 6.32. The Bertz CT molecular complexity index is 663. The van der Waals surface area contributed by atoms with Crippen LogP contribution < -0.4 is 0 Å². The van der Waals surface area contributed by atoms with Gasteiger partial charge in [0.2, 0.25) is 23.1 Å². The Kier molecular flexibility index (Phi) is 5.47. The van der Waals surface area contributed by atoms with Crippen molar-refractivity contribution in [3.8, 4) is 0 Å². The first kappa shape index (κ1) is 17.5. The second-order valence-corrected chi connectivity index (χ2v) is 6.12. The standard InChI is InChI=1S/C18H21ClO4/c1-5-10(3)22-17-15(20)13-8-7-12(19)9-14(13)16(21)18(17)23-11(4)6-2/h7-11H,5-6H2,1-4H3. The predicted octanol–water partition coefficient (Wildman–Crippen LogP) is 4.56. The molecule has 4 nitrogen and oxygen atoms in total. The van der Waals surface area contributed by atoms with E-state index in [4.69, 9.17) is 21.1 Å². The molecule has 0 N–H and O–H groups in total. The summed E-state index contributed by atoms with van der Waals surface area (Å²) in [6.45, 7) is 7.59. The summed E-state index contributed by atoms with van der Waals surface area (Å²) in [6.07, 6.45) is 1.04. The first-order valence-corrected chi connectivity index (χ1v) is 8.23. The van der Waals surface area contributed by atoms with Crippen molar-refractivity contribution in [3.63, 3.8) is 0 Å². The number of halogens is 1. The van der Waals surface area contributed by atoms with E-state index in [-0.39, 0.29) is 40.9 Å². The molecular weight excluding hydrogens is 316 g/mol. The molecule has 2 rings (SSSR count). The molecule has 0 heterocycles. The van der Waals surface area contributed by atoms with E-state index in [2.05, 4.69) is 0 Å². The van der Waals surface area contributed by atoms with E-state index < -0.39 is 0 Å². The Morgan fingerprint density at radius 2 is 1.39 bits per heavy atom. The van der Waals surface area contributed by atoms with Gasteiger partial charge in [0.15, 0.2) is 0 Å². The summed E-state index contributed by atoms with van der Waals surface area (Å²) >= 11 is 5.96. The smallest absolute Gasteiger partial charge is 0.232 e. The number of carbonyl (C=O) groups is 2. The number of ketones is 2. The van der Waals surface area contributed by atoms with E-state index in [1.807, 2.05) is 27.7 Å². The molecular formula is C18H21ClO4. The number of Topliss-reactive ketones (excluding diaryl/α,β-unsaturated/α-hetero) is 2. The van der Waals surface area contributed by atoms with Crippen molar-refractivity contribution in [3.05, 3.63) is 45.9 Å². The monoisotopic (exact) mass is 336 g/mol. The van der Waals surface area contributed by atoms with E-state index in [1.54, 1.807) is 12.1 Å².